The van der Waals surface area contributed by atoms with Crippen molar-refractivity contribution in [2.45, 2.75) is 6.04 Å². The van der Waals surface area contributed by atoms with Gasteiger partial charge in [-0.05, 0) is 18.2 Å². The number of halogens is 1. The van der Waals surface area contributed by atoms with Crippen LogP contribution in [0.3, 0.4) is 0 Å². The number of fused-ring (bicyclic) bond motifs is 2. The Balaban J connectivity index is 1.79. The molecular formula is C15H11BrN4O. The Morgan fingerprint density at radius 2 is 2.05 bits per heavy atom. The maximum Gasteiger partial charge on any atom is 0.251 e. The van der Waals surface area contributed by atoms with Crippen LogP contribution < -0.4 is 10.6 Å². The summed E-state index contributed by atoms with van der Waals surface area (Å²) in [5.41, 5.74) is 3.52. The van der Waals surface area contributed by atoms with Gasteiger partial charge in [0.1, 0.15) is 6.04 Å². The molecule has 0 fully saturated rings. The summed E-state index contributed by atoms with van der Waals surface area (Å²) < 4.78 is 0.910. The van der Waals surface area contributed by atoms with E-state index >= 15 is 0 Å². The summed E-state index contributed by atoms with van der Waals surface area (Å²) in [7, 11) is 0. The highest BCUT2D eigenvalue weighted by atomic mass is 79.9. The number of amides is 1. The highest BCUT2D eigenvalue weighted by Gasteiger charge is 2.32. The molecule has 2 aromatic carbocycles. The predicted octanol–water partition coefficient (Wildman–Crippen LogP) is 3.43. The Bertz CT molecular complexity index is 858. The normalized spacial score (nSPS) is 16.8. The third kappa shape index (κ3) is 1.91. The van der Waals surface area contributed by atoms with E-state index in [1.807, 2.05) is 36.4 Å². The first-order valence-corrected chi connectivity index (χ1v) is 7.31. The maximum absolute atomic E-state index is 12.2. The third-order valence-electron chi connectivity index (χ3n) is 3.64. The lowest BCUT2D eigenvalue weighted by atomic mass is 10.1. The second kappa shape index (κ2) is 4.60. The molecule has 3 N–H and O–H groups in total. The Morgan fingerprint density at radius 1 is 1.19 bits per heavy atom. The molecule has 1 amide bonds. The van der Waals surface area contributed by atoms with Crippen LogP contribution in [0.25, 0.3) is 10.9 Å². The Morgan fingerprint density at radius 3 is 2.95 bits per heavy atom. The molecule has 6 heteroatoms. The third-order valence-corrected chi connectivity index (χ3v) is 4.33. The molecule has 0 saturated carbocycles. The zero-order valence-corrected chi connectivity index (χ0v) is 12.4. The summed E-state index contributed by atoms with van der Waals surface area (Å²) in [6.45, 7) is 0. The summed E-state index contributed by atoms with van der Waals surface area (Å²) in [5, 5.41) is 14.2. The van der Waals surface area contributed by atoms with Crippen LogP contribution in [0.2, 0.25) is 0 Å². The summed E-state index contributed by atoms with van der Waals surface area (Å²) in [4.78, 5) is 12.2. The Labute approximate surface area is 128 Å². The fourth-order valence-electron chi connectivity index (χ4n) is 2.66. The predicted molar refractivity (Wildman–Crippen MR) is 85.2 cm³/mol. The van der Waals surface area contributed by atoms with Crippen LogP contribution in [0.5, 0.6) is 0 Å². The molecule has 0 saturated heterocycles. The smallest absolute Gasteiger partial charge is 0.251 e. The number of nitrogens with one attached hydrogen (secondary N) is 3. The van der Waals surface area contributed by atoms with Gasteiger partial charge < -0.3 is 10.6 Å². The number of hydrogen-bond acceptors (Lipinski definition) is 3. The molecule has 1 aliphatic rings. The summed E-state index contributed by atoms with van der Waals surface area (Å²) in [6.07, 6.45) is 1.76. The van der Waals surface area contributed by atoms with Gasteiger partial charge in [0.2, 0.25) is 0 Å². The summed E-state index contributed by atoms with van der Waals surface area (Å²) >= 11 is 3.52. The van der Waals surface area contributed by atoms with Crippen molar-refractivity contribution >= 4 is 44.1 Å². The van der Waals surface area contributed by atoms with Gasteiger partial charge in [-0.1, -0.05) is 34.1 Å². The highest BCUT2D eigenvalue weighted by molar-refractivity contribution is 9.10. The minimum absolute atomic E-state index is 0.0616. The van der Waals surface area contributed by atoms with Crippen molar-refractivity contribution in [2.24, 2.45) is 0 Å². The molecule has 4 rings (SSSR count). The van der Waals surface area contributed by atoms with Gasteiger partial charge in [0.15, 0.2) is 0 Å². The van der Waals surface area contributed by atoms with Gasteiger partial charge in [-0.25, -0.2) is 0 Å². The lowest BCUT2D eigenvalue weighted by Crippen LogP contribution is -2.20. The van der Waals surface area contributed by atoms with Crippen molar-refractivity contribution in [3.05, 3.63) is 52.6 Å². The van der Waals surface area contributed by atoms with Crippen LogP contribution in [0.15, 0.2) is 47.1 Å². The van der Waals surface area contributed by atoms with Gasteiger partial charge in [0.05, 0.1) is 17.4 Å². The zero-order chi connectivity index (χ0) is 14.4. The average molecular weight is 343 g/mol. The van der Waals surface area contributed by atoms with Crippen LogP contribution in [-0.2, 0) is 4.79 Å². The second-order valence-corrected chi connectivity index (χ2v) is 5.76. The molecule has 1 atom stereocenters. The van der Waals surface area contributed by atoms with Crippen LogP contribution in [0.1, 0.15) is 11.6 Å². The van der Waals surface area contributed by atoms with Crippen LogP contribution in [0, 0.1) is 0 Å². The van der Waals surface area contributed by atoms with E-state index in [0.717, 1.165) is 32.3 Å². The number of para-hydroxylation sites is 1. The van der Waals surface area contributed by atoms with Crippen molar-refractivity contribution in [2.75, 3.05) is 10.6 Å². The van der Waals surface area contributed by atoms with E-state index in [9.17, 15) is 4.79 Å². The van der Waals surface area contributed by atoms with Crippen molar-refractivity contribution in [3.8, 4) is 0 Å². The van der Waals surface area contributed by atoms with Crippen molar-refractivity contribution in [3.63, 3.8) is 0 Å². The standard InChI is InChI=1S/C15H11BrN4O/c16-9-4-2-5-10-12(9)14(15(21)19-10)18-11-6-1-3-8-7-17-20-13(8)11/h1-7,14,18H,(H,17,20)(H,19,21). The van der Waals surface area contributed by atoms with Crippen LogP contribution in [-0.4, -0.2) is 16.1 Å². The number of carbonyl (C=O) groups excluding carboxylic acids is 1. The lowest BCUT2D eigenvalue weighted by molar-refractivity contribution is -0.116. The Kier molecular flexibility index (Phi) is 2.71. The fourth-order valence-corrected chi connectivity index (χ4v) is 3.25. The average Bonchev–Trinajstić information content (AvgIpc) is 3.05. The minimum atomic E-state index is -0.426. The lowest BCUT2D eigenvalue weighted by Gasteiger charge is -2.14. The molecule has 0 bridgehead atoms. The minimum Gasteiger partial charge on any atom is -0.368 e. The van der Waals surface area contributed by atoms with Crippen molar-refractivity contribution < 1.29 is 4.79 Å². The largest absolute Gasteiger partial charge is 0.368 e. The van der Waals surface area contributed by atoms with E-state index in [1.54, 1.807) is 6.20 Å². The number of aromatic nitrogens is 2. The monoisotopic (exact) mass is 342 g/mol. The number of anilines is 2. The fraction of sp³-hybridized carbons (Fsp3) is 0.0667. The van der Waals surface area contributed by atoms with Crippen molar-refractivity contribution in [1.29, 1.82) is 0 Å². The van der Waals surface area contributed by atoms with Crippen molar-refractivity contribution in [1.82, 2.24) is 10.2 Å². The summed E-state index contributed by atoms with van der Waals surface area (Å²) in [5.74, 6) is -0.0616. The van der Waals surface area contributed by atoms with E-state index in [2.05, 4.69) is 36.8 Å². The molecule has 21 heavy (non-hydrogen) atoms. The molecule has 1 aliphatic heterocycles. The van der Waals surface area contributed by atoms with E-state index < -0.39 is 6.04 Å². The molecule has 1 unspecified atom stereocenters. The van der Waals surface area contributed by atoms with E-state index in [-0.39, 0.29) is 5.91 Å². The van der Waals surface area contributed by atoms with Gasteiger partial charge in [-0.15, -0.1) is 0 Å². The topological polar surface area (TPSA) is 69.8 Å². The first kappa shape index (κ1) is 12.4. The second-order valence-electron chi connectivity index (χ2n) is 4.91. The molecule has 2 heterocycles. The SMILES string of the molecule is O=C1Nc2cccc(Br)c2C1Nc1cccc2cn[nH]c12. The molecule has 104 valence electrons. The number of benzene rings is 2. The summed E-state index contributed by atoms with van der Waals surface area (Å²) in [6, 6.07) is 11.2. The van der Waals surface area contributed by atoms with E-state index in [1.165, 1.54) is 0 Å². The quantitative estimate of drug-likeness (QED) is 0.668. The van der Waals surface area contributed by atoms with E-state index in [4.69, 9.17) is 0 Å². The molecule has 1 aromatic heterocycles. The van der Waals surface area contributed by atoms with Gasteiger partial charge >= 0.3 is 0 Å². The molecule has 0 spiro atoms. The number of carbonyl (C=O) groups is 1. The van der Waals surface area contributed by atoms with Gasteiger partial charge in [0.25, 0.3) is 5.91 Å². The molecule has 5 nitrogen and oxygen atoms in total. The maximum atomic E-state index is 12.2. The van der Waals surface area contributed by atoms with Gasteiger partial charge in [-0.2, -0.15) is 5.10 Å². The van der Waals surface area contributed by atoms with Crippen LogP contribution >= 0.6 is 15.9 Å². The molecule has 3 aromatic rings. The molecular weight excluding hydrogens is 332 g/mol. The number of aromatic amines is 1. The molecule has 0 aliphatic carbocycles. The van der Waals surface area contributed by atoms with E-state index in [0.29, 0.717) is 0 Å². The Hall–Kier alpha value is -2.34. The first-order valence-electron chi connectivity index (χ1n) is 6.52. The highest BCUT2D eigenvalue weighted by Crippen LogP contribution is 2.39. The van der Waals surface area contributed by atoms with Gasteiger partial charge in [0, 0.05) is 21.1 Å². The van der Waals surface area contributed by atoms with Crippen LogP contribution in [0.4, 0.5) is 11.4 Å². The number of hydrogen-bond donors (Lipinski definition) is 3. The number of rotatable bonds is 2. The molecule has 0 radical (unpaired) electrons. The number of H-pyrrole nitrogens is 1. The zero-order valence-electron chi connectivity index (χ0n) is 10.9. The number of nitrogens with zero attached hydrogens (tertiary/aromatic N) is 1. The first-order chi connectivity index (χ1) is 10.2. The van der Waals surface area contributed by atoms with Gasteiger partial charge in [-0.3, -0.25) is 9.89 Å².